The number of unbranched alkanes of at least 4 members (excludes halogenated alkanes) is 3. The van der Waals surface area contributed by atoms with Gasteiger partial charge in [0.2, 0.25) is 0 Å². The molecule has 0 aliphatic carbocycles. The Labute approximate surface area is 151 Å². The molecule has 0 bridgehead atoms. The van der Waals surface area contributed by atoms with E-state index < -0.39 is 0 Å². The van der Waals surface area contributed by atoms with E-state index in [9.17, 15) is 4.79 Å². The van der Waals surface area contributed by atoms with E-state index in [-0.39, 0.29) is 5.97 Å². The molecule has 2 aromatic carbocycles. The van der Waals surface area contributed by atoms with Crippen molar-refractivity contribution in [1.82, 2.24) is 0 Å². The molecule has 0 aliphatic rings. The summed E-state index contributed by atoms with van der Waals surface area (Å²) in [6.45, 7) is 5.05. The van der Waals surface area contributed by atoms with Crippen molar-refractivity contribution in [3.8, 4) is 11.5 Å². The molecule has 0 radical (unpaired) electrons. The molecule has 0 spiro atoms. The number of esters is 1. The van der Waals surface area contributed by atoms with Crippen molar-refractivity contribution in [1.29, 1.82) is 0 Å². The van der Waals surface area contributed by atoms with Gasteiger partial charge >= 0.3 is 5.97 Å². The third kappa shape index (κ3) is 6.61. The Balaban J connectivity index is 1.85. The van der Waals surface area contributed by atoms with Gasteiger partial charge < -0.3 is 9.47 Å². The second kappa shape index (κ2) is 10.5. The van der Waals surface area contributed by atoms with Gasteiger partial charge in [-0.1, -0.05) is 45.2 Å². The number of hydrogen-bond donors (Lipinski definition) is 0. The smallest absolute Gasteiger partial charge is 0.343 e. The number of aryl methyl sites for hydroxylation is 1. The van der Waals surface area contributed by atoms with Crippen LogP contribution in [0.2, 0.25) is 0 Å². The van der Waals surface area contributed by atoms with Crippen LogP contribution < -0.4 is 9.47 Å². The largest absolute Gasteiger partial charge is 0.494 e. The predicted octanol–water partition coefficient (Wildman–Crippen LogP) is 5.82. The first-order valence-electron chi connectivity index (χ1n) is 9.27. The number of benzene rings is 2. The van der Waals surface area contributed by atoms with Crippen molar-refractivity contribution in [2.75, 3.05) is 6.61 Å². The van der Waals surface area contributed by atoms with E-state index >= 15 is 0 Å². The van der Waals surface area contributed by atoms with Gasteiger partial charge in [-0.2, -0.15) is 0 Å². The van der Waals surface area contributed by atoms with Gasteiger partial charge in [0.1, 0.15) is 11.5 Å². The molecule has 0 heterocycles. The molecule has 0 saturated heterocycles. The molecular formula is C22H28O3. The van der Waals surface area contributed by atoms with Gasteiger partial charge in [-0.3, -0.25) is 0 Å². The molecule has 25 heavy (non-hydrogen) atoms. The number of hydrogen-bond acceptors (Lipinski definition) is 3. The van der Waals surface area contributed by atoms with E-state index in [1.807, 2.05) is 36.4 Å². The van der Waals surface area contributed by atoms with Crippen LogP contribution in [0.4, 0.5) is 0 Å². The predicted molar refractivity (Wildman–Crippen MR) is 101 cm³/mol. The van der Waals surface area contributed by atoms with E-state index in [4.69, 9.17) is 9.47 Å². The van der Waals surface area contributed by atoms with E-state index in [0.29, 0.717) is 17.9 Å². The van der Waals surface area contributed by atoms with Gasteiger partial charge in [0.15, 0.2) is 0 Å². The highest BCUT2D eigenvalue weighted by Gasteiger charge is 2.09. The topological polar surface area (TPSA) is 35.5 Å². The van der Waals surface area contributed by atoms with Crippen LogP contribution in [-0.4, -0.2) is 12.6 Å². The molecule has 0 N–H and O–H groups in total. The minimum Gasteiger partial charge on any atom is -0.494 e. The summed E-state index contributed by atoms with van der Waals surface area (Å²) < 4.78 is 11.1. The first kappa shape index (κ1) is 19.0. The highest BCUT2D eigenvalue weighted by molar-refractivity contribution is 5.91. The van der Waals surface area contributed by atoms with Gasteiger partial charge in [-0.25, -0.2) is 4.79 Å². The second-order valence-corrected chi connectivity index (χ2v) is 6.22. The summed E-state index contributed by atoms with van der Waals surface area (Å²) in [4.78, 5) is 12.2. The quantitative estimate of drug-likeness (QED) is 0.311. The molecule has 0 fully saturated rings. The van der Waals surface area contributed by atoms with Crippen LogP contribution in [0.1, 0.15) is 61.9 Å². The van der Waals surface area contributed by atoms with E-state index in [1.54, 1.807) is 12.1 Å². The average Bonchev–Trinajstić information content (AvgIpc) is 2.65. The molecule has 0 amide bonds. The minimum absolute atomic E-state index is 0.348. The van der Waals surface area contributed by atoms with Crippen LogP contribution in [0.25, 0.3) is 0 Å². The zero-order chi connectivity index (χ0) is 17.9. The zero-order valence-electron chi connectivity index (χ0n) is 15.3. The summed E-state index contributed by atoms with van der Waals surface area (Å²) in [6, 6.07) is 14.9. The van der Waals surface area contributed by atoms with Gasteiger partial charge in [0.25, 0.3) is 0 Å². The van der Waals surface area contributed by atoms with Crippen LogP contribution in [0.15, 0.2) is 48.5 Å². The number of carbonyl (C=O) groups excluding carboxylic acids is 1. The Hall–Kier alpha value is -2.29. The standard InChI is InChI=1S/C22H28O3/c1-3-5-7-17-24-20-15-11-19(12-16-20)22(23)25-21-13-9-18(10-14-21)8-6-4-2/h9-16H,3-8,17H2,1-2H3. The van der Waals surface area contributed by atoms with Crippen molar-refractivity contribution in [2.45, 2.75) is 52.4 Å². The molecule has 3 heteroatoms. The van der Waals surface area contributed by atoms with Crippen LogP contribution >= 0.6 is 0 Å². The minimum atomic E-state index is -0.348. The first-order valence-corrected chi connectivity index (χ1v) is 9.27. The van der Waals surface area contributed by atoms with Crippen molar-refractivity contribution in [3.05, 3.63) is 59.7 Å². The first-order chi connectivity index (χ1) is 12.2. The maximum atomic E-state index is 12.2. The Bertz CT molecular complexity index is 629. The second-order valence-electron chi connectivity index (χ2n) is 6.22. The molecule has 2 aromatic rings. The summed E-state index contributed by atoms with van der Waals surface area (Å²) >= 11 is 0. The Morgan fingerprint density at radius 2 is 1.44 bits per heavy atom. The number of ether oxygens (including phenoxy) is 2. The lowest BCUT2D eigenvalue weighted by Crippen LogP contribution is -2.08. The Morgan fingerprint density at radius 1 is 0.800 bits per heavy atom. The van der Waals surface area contributed by atoms with Crippen molar-refractivity contribution in [2.24, 2.45) is 0 Å². The van der Waals surface area contributed by atoms with Crippen LogP contribution in [0.3, 0.4) is 0 Å². The fourth-order valence-corrected chi connectivity index (χ4v) is 2.50. The SMILES string of the molecule is CCCCCOc1ccc(C(=O)Oc2ccc(CCCC)cc2)cc1. The van der Waals surface area contributed by atoms with E-state index in [2.05, 4.69) is 13.8 Å². The monoisotopic (exact) mass is 340 g/mol. The lowest BCUT2D eigenvalue weighted by molar-refractivity contribution is 0.0734. The van der Waals surface area contributed by atoms with E-state index in [0.717, 1.165) is 18.6 Å². The zero-order valence-corrected chi connectivity index (χ0v) is 15.3. The summed E-state index contributed by atoms with van der Waals surface area (Å²) in [6.07, 6.45) is 6.80. The van der Waals surface area contributed by atoms with Crippen LogP contribution in [0, 0.1) is 0 Å². The van der Waals surface area contributed by atoms with Crippen LogP contribution in [0.5, 0.6) is 11.5 Å². The molecule has 0 aliphatic heterocycles. The molecule has 0 aromatic heterocycles. The van der Waals surface area contributed by atoms with E-state index in [1.165, 1.54) is 31.2 Å². The molecule has 134 valence electrons. The molecular weight excluding hydrogens is 312 g/mol. The summed E-state index contributed by atoms with van der Waals surface area (Å²) in [5.74, 6) is 1.01. The molecule has 2 rings (SSSR count). The molecule has 0 saturated carbocycles. The fourth-order valence-electron chi connectivity index (χ4n) is 2.50. The van der Waals surface area contributed by atoms with Gasteiger partial charge in [-0.15, -0.1) is 0 Å². The van der Waals surface area contributed by atoms with Crippen molar-refractivity contribution < 1.29 is 14.3 Å². The molecule has 3 nitrogen and oxygen atoms in total. The highest BCUT2D eigenvalue weighted by Crippen LogP contribution is 2.17. The molecule has 0 atom stereocenters. The van der Waals surface area contributed by atoms with Crippen LogP contribution in [-0.2, 0) is 6.42 Å². The summed E-state index contributed by atoms with van der Waals surface area (Å²) in [5, 5.41) is 0. The Kier molecular flexibility index (Phi) is 8.03. The van der Waals surface area contributed by atoms with Gasteiger partial charge in [-0.05, 0) is 61.2 Å². The van der Waals surface area contributed by atoms with Crippen molar-refractivity contribution >= 4 is 5.97 Å². The normalized spacial score (nSPS) is 10.5. The summed E-state index contributed by atoms with van der Waals surface area (Å²) in [5.41, 5.74) is 1.79. The molecule has 0 unspecified atom stereocenters. The summed E-state index contributed by atoms with van der Waals surface area (Å²) in [7, 11) is 0. The Morgan fingerprint density at radius 3 is 2.08 bits per heavy atom. The number of carbonyl (C=O) groups is 1. The maximum Gasteiger partial charge on any atom is 0.343 e. The fraction of sp³-hybridized carbons (Fsp3) is 0.409. The third-order valence-electron chi connectivity index (χ3n) is 4.06. The number of rotatable bonds is 10. The lowest BCUT2D eigenvalue weighted by Gasteiger charge is -2.08. The van der Waals surface area contributed by atoms with Gasteiger partial charge in [0, 0.05) is 0 Å². The van der Waals surface area contributed by atoms with Gasteiger partial charge in [0.05, 0.1) is 12.2 Å². The van der Waals surface area contributed by atoms with Crippen molar-refractivity contribution in [3.63, 3.8) is 0 Å². The average molecular weight is 340 g/mol. The lowest BCUT2D eigenvalue weighted by atomic mass is 10.1. The maximum absolute atomic E-state index is 12.2. The third-order valence-corrected chi connectivity index (χ3v) is 4.06. The highest BCUT2D eigenvalue weighted by atomic mass is 16.5.